The van der Waals surface area contributed by atoms with Crippen LogP contribution in [-0.2, 0) is 13.0 Å². The van der Waals surface area contributed by atoms with Gasteiger partial charge in [0.25, 0.3) is 0 Å². The molecule has 3 heteroatoms. The monoisotopic (exact) mass is 315 g/mol. The highest BCUT2D eigenvalue weighted by Crippen LogP contribution is 2.24. The van der Waals surface area contributed by atoms with E-state index in [0.29, 0.717) is 5.56 Å². The van der Waals surface area contributed by atoms with Crippen LogP contribution in [0, 0.1) is 11.3 Å². The second kappa shape index (κ2) is 7.61. The summed E-state index contributed by atoms with van der Waals surface area (Å²) in [6.07, 6.45) is 7.18. The number of unbranched alkanes of at least 4 members (excludes halogenated alkanes) is 1. The molecule has 3 aromatic rings. The third-order valence-electron chi connectivity index (χ3n) is 4.20. The molecule has 0 spiro atoms. The molecule has 0 bridgehead atoms. The summed E-state index contributed by atoms with van der Waals surface area (Å²) in [5.74, 6) is 1.11. The average Bonchev–Trinajstić information content (AvgIpc) is 3.07. The maximum absolute atomic E-state index is 9.53. The summed E-state index contributed by atoms with van der Waals surface area (Å²) in [7, 11) is 0. The number of imidazole rings is 1. The van der Waals surface area contributed by atoms with Crippen molar-refractivity contribution in [3.63, 3.8) is 0 Å². The van der Waals surface area contributed by atoms with Gasteiger partial charge in [0.1, 0.15) is 5.82 Å². The molecule has 0 aliphatic heterocycles. The Labute approximate surface area is 143 Å². The normalized spacial score (nSPS) is 10.5. The second-order valence-electron chi connectivity index (χ2n) is 5.93. The van der Waals surface area contributed by atoms with Crippen molar-refractivity contribution in [2.45, 2.75) is 32.7 Å². The van der Waals surface area contributed by atoms with Gasteiger partial charge in [0, 0.05) is 25.4 Å². The van der Waals surface area contributed by atoms with Gasteiger partial charge in [-0.25, -0.2) is 4.98 Å². The summed E-state index contributed by atoms with van der Waals surface area (Å²) >= 11 is 0. The van der Waals surface area contributed by atoms with Gasteiger partial charge in [0.15, 0.2) is 0 Å². The Bertz CT molecular complexity index is 841. The fraction of sp³-hybridized carbons (Fsp3) is 0.238. The molecule has 0 fully saturated rings. The summed E-state index contributed by atoms with van der Waals surface area (Å²) in [6.45, 7) is 2.94. The van der Waals surface area contributed by atoms with E-state index in [4.69, 9.17) is 0 Å². The zero-order valence-corrected chi connectivity index (χ0v) is 13.9. The van der Waals surface area contributed by atoms with Crippen LogP contribution in [0.15, 0.2) is 60.9 Å². The predicted molar refractivity (Wildman–Crippen MR) is 96.5 cm³/mol. The molecule has 0 unspecified atom stereocenters. The van der Waals surface area contributed by atoms with E-state index < -0.39 is 0 Å². The Morgan fingerprint density at radius 2 is 1.96 bits per heavy atom. The van der Waals surface area contributed by atoms with Gasteiger partial charge in [-0.3, -0.25) is 0 Å². The lowest BCUT2D eigenvalue weighted by molar-refractivity contribution is 0.678. The fourth-order valence-electron chi connectivity index (χ4n) is 2.90. The minimum Gasteiger partial charge on any atom is -0.331 e. The maximum atomic E-state index is 9.53. The molecular formula is C21H21N3. The molecule has 0 atom stereocenters. The van der Waals surface area contributed by atoms with Gasteiger partial charge in [-0.2, -0.15) is 5.26 Å². The van der Waals surface area contributed by atoms with Crippen molar-refractivity contribution in [3.05, 3.63) is 77.9 Å². The maximum Gasteiger partial charge on any atom is 0.108 e. The van der Waals surface area contributed by atoms with Crippen LogP contribution in [0.3, 0.4) is 0 Å². The molecule has 0 radical (unpaired) electrons. The van der Waals surface area contributed by atoms with Crippen molar-refractivity contribution in [1.82, 2.24) is 9.55 Å². The third-order valence-corrected chi connectivity index (χ3v) is 4.20. The Balaban J connectivity index is 1.86. The highest BCUT2D eigenvalue weighted by Gasteiger charge is 2.08. The van der Waals surface area contributed by atoms with Crippen LogP contribution in [0.25, 0.3) is 11.1 Å². The van der Waals surface area contributed by atoms with Gasteiger partial charge in [-0.1, -0.05) is 55.8 Å². The molecular weight excluding hydrogens is 294 g/mol. The average molecular weight is 315 g/mol. The molecule has 0 amide bonds. The first-order valence-electron chi connectivity index (χ1n) is 8.40. The molecule has 0 saturated carbocycles. The summed E-state index contributed by atoms with van der Waals surface area (Å²) in [5, 5.41) is 9.53. The van der Waals surface area contributed by atoms with Crippen LogP contribution >= 0.6 is 0 Å². The minimum absolute atomic E-state index is 0.717. The van der Waals surface area contributed by atoms with Crippen molar-refractivity contribution in [1.29, 1.82) is 5.26 Å². The van der Waals surface area contributed by atoms with E-state index in [0.717, 1.165) is 48.3 Å². The molecule has 0 N–H and O–H groups in total. The van der Waals surface area contributed by atoms with Gasteiger partial charge < -0.3 is 4.57 Å². The van der Waals surface area contributed by atoms with Crippen molar-refractivity contribution >= 4 is 0 Å². The standard InChI is InChI=1S/C21H21N3/c1-2-3-9-21-23-12-13-24(21)16-17-10-11-20(19(14-17)15-22)18-7-5-4-6-8-18/h4-8,10-14H,2-3,9,16H2,1H3. The highest BCUT2D eigenvalue weighted by molar-refractivity contribution is 5.70. The van der Waals surface area contributed by atoms with E-state index >= 15 is 0 Å². The van der Waals surface area contributed by atoms with Crippen LogP contribution < -0.4 is 0 Å². The van der Waals surface area contributed by atoms with Crippen molar-refractivity contribution in [3.8, 4) is 17.2 Å². The smallest absolute Gasteiger partial charge is 0.108 e. The van der Waals surface area contributed by atoms with Crippen molar-refractivity contribution in [2.75, 3.05) is 0 Å². The molecule has 0 saturated heterocycles. The molecule has 120 valence electrons. The van der Waals surface area contributed by atoms with E-state index in [9.17, 15) is 5.26 Å². The van der Waals surface area contributed by atoms with E-state index in [1.165, 1.54) is 0 Å². The number of hydrogen-bond donors (Lipinski definition) is 0. The lowest BCUT2D eigenvalue weighted by atomic mass is 9.98. The minimum atomic E-state index is 0.717. The molecule has 0 aliphatic carbocycles. The molecule has 0 aliphatic rings. The lowest BCUT2D eigenvalue weighted by Gasteiger charge is -2.10. The molecule has 24 heavy (non-hydrogen) atoms. The first-order valence-corrected chi connectivity index (χ1v) is 8.40. The van der Waals surface area contributed by atoms with E-state index in [1.54, 1.807) is 0 Å². The Hall–Kier alpha value is -2.86. The van der Waals surface area contributed by atoms with Crippen LogP contribution in [0.1, 0.15) is 36.7 Å². The van der Waals surface area contributed by atoms with Crippen LogP contribution in [0.5, 0.6) is 0 Å². The highest BCUT2D eigenvalue weighted by atomic mass is 15.1. The zero-order valence-electron chi connectivity index (χ0n) is 13.9. The van der Waals surface area contributed by atoms with Gasteiger partial charge in [-0.05, 0) is 29.2 Å². The first-order chi connectivity index (χ1) is 11.8. The van der Waals surface area contributed by atoms with E-state index in [-0.39, 0.29) is 0 Å². The summed E-state index contributed by atoms with van der Waals surface area (Å²) in [6, 6.07) is 18.5. The predicted octanol–water partition coefficient (Wildman–Crippen LogP) is 4.81. The van der Waals surface area contributed by atoms with Crippen LogP contribution in [0.4, 0.5) is 0 Å². The third kappa shape index (κ3) is 3.55. The Kier molecular flexibility index (Phi) is 5.08. The molecule has 1 aromatic heterocycles. The van der Waals surface area contributed by atoms with Crippen LogP contribution in [0.2, 0.25) is 0 Å². The summed E-state index contributed by atoms with van der Waals surface area (Å²) < 4.78 is 2.17. The van der Waals surface area contributed by atoms with Crippen LogP contribution in [-0.4, -0.2) is 9.55 Å². The molecule has 1 heterocycles. The first kappa shape index (κ1) is 16.0. The Morgan fingerprint density at radius 1 is 1.12 bits per heavy atom. The number of rotatable bonds is 6. The number of nitriles is 1. The number of benzene rings is 2. The fourth-order valence-corrected chi connectivity index (χ4v) is 2.90. The van der Waals surface area contributed by atoms with Crippen molar-refractivity contribution in [2.24, 2.45) is 0 Å². The summed E-state index contributed by atoms with van der Waals surface area (Å²) in [4.78, 5) is 4.46. The number of nitrogens with zero attached hydrogens (tertiary/aromatic N) is 3. The van der Waals surface area contributed by atoms with E-state index in [2.05, 4.69) is 28.6 Å². The van der Waals surface area contributed by atoms with Gasteiger partial charge in [0.2, 0.25) is 0 Å². The molecule has 3 rings (SSSR count). The number of hydrogen-bond acceptors (Lipinski definition) is 2. The molecule has 2 aromatic carbocycles. The second-order valence-corrected chi connectivity index (χ2v) is 5.93. The zero-order chi connectivity index (χ0) is 16.8. The van der Waals surface area contributed by atoms with Crippen molar-refractivity contribution < 1.29 is 0 Å². The van der Waals surface area contributed by atoms with Gasteiger partial charge >= 0.3 is 0 Å². The van der Waals surface area contributed by atoms with Gasteiger partial charge in [0.05, 0.1) is 11.6 Å². The van der Waals surface area contributed by atoms with E-state index in [1.807, 2.05) is 54.9 Å². The lowest BCUT2D eigenvalue weighted by Crippen LogP contribution is -2.05. The largest absolute Gasteiger partial charge is 0.331 e. The molecule has 3 nitrogen and oxygen atoms in total. The Morgan fingerprint density at radius 3 is 2.71 bits per heavy atom. The number of aromatic nitrogens is 2. The quantitative estimate of drug-likeness (QED) is 0.655. The topological polar surface area (TPSA) is 41.6 Å². The number of aryl methyl sites for hydroxylation is 1. The SMILES string of the molecule is CCCCc1nccn1Cc1ccc(-c2ccccc2)c(C#N)c1. The summed E-state index contributed by atoms with van der Waals surface area (Å²) in [5.41, 5.74) is 3.90. The van der Waals surface area contributed by atoms with Gasteiger partial charge in [-0.15, -0.1) is 0 Å².